The third kappa shape index (κ3) is 3.97. The highest BCUT2D eigenvalue weighted by Gasteiger charge is 2.19. The molecule has 1 aliphatic heterocycles. The van der Waals surface area contributed by atoms with Crippen LogP contribution < -0.4 is 0 Å². The van der Waals surface area contributed by atoms with Gasteiger partial charge in [-0.3, -0.25) is 9.58 Å². The average Bonchev–Trinajstić information content (AvgIpc) is 2.61. The van der Waals surface area contributed by atoms with Gasteiger partial charge >= 0.3 is 0 Å². The lowest BCUT2D eigenvalue weighted by molar-refractivity contribution is 0.254. The summed E-state index contributed by atoms with van der Waals surface area (Å²) < 4.78 is 1.95. The zero-order valence-corrected chi connectivity index (χ0v) is 14.8. The normalized spacial score (nSPS) is 18.4. The van der Waals surface area contributed by atoms with E-state index in [4.69, 9.17) is 11.6 Å². The quantitative estimate of drug-likeness (QED) is 0.751. The summed E-state index contributed by atoms with van der Waals surface area (Å²) in [5.74, 6) is 0. The number of hydrogen-bond donors (Lipinski definition) is 0. The topological polar surface area (TPSA) is 24.3 Å². The first-order valence-corrected chi connectivity index (χ1v) is 8.86. The SMILES string of the molecule is CCc1nn(C)c(CN2CCCN(CCBr)CC2)c1Cl. The van der Waals surface area contributed by atoms with E-state index in [2.05, 4.69) is 37.8 Å². The lowest BCUT2D eigenvalue weighted by Crippen LogP contribution is -2.32. The Kier molecular flexibility index (Phi) is 6.33. The van der Waals surface area contributed by atoms with E-state index in [1.165, 1.54) is 13.0 Å². The lowest BCUT2D eigenvalue weighted by atomic mass is 10.3. The van der Waals surface area contributed by atoms with Crippen molar-refractivity contribution >= 4 is 27.5 Å². The lowest BCUT2D eigenvalue weighted by Gasteiger charge is -2.21. The Morgan fingerprint density at radius 2 is 1.90 bits per heavy atom. The minimum Gasteiger partial charge on any atom is -0.301 e. The smallest absolute Gasteiger partial charge is 0.0863 e. The first-order valence-electron chi connectivity index (χ1n) is 7.36. The van der Waals surface area contributed by atoms with Gasteiger partial charge in [-0.1, -0.05) is 34.5 Å². The van der Waals surface area contributed by atoms with Crippen LogP contribution in [0.5, 0.6) is 0 Å². The Bertz CT molecular complexity index is 435. The molecule has 1 saturated heterocycles. The molecule has 0 bridgehead atoms. The molecular formula is C14H24BrClN4. The van der Waals surface area contributed by atoms with E-state index in [0.717, 1.165) is 60.9 Å². The third-order valence-electron chi connectivity index (χ3n) is 3.96. The van der Waals surface area contributed by atoms with Gasteiger partial charge < -0.3 is 4.90 Å². The number of alkyl halides is 1. The molecule has 0 aliphatic carbocycles. The summed E-state index contributed by atoms with van der Waals surface area (Å²) in [5, 5.41) is 6.42. The van der Waals surface area contributed by atoms with Gasteiger partial charge in [-0.2, -0.15) is 5.10 Å². The van der Waals surface area contributed by atoms with Crippen molar-refractivity contribution in [1.29, 1.82) is 0 Å². The Balaban J connectivity index is 1.98. The van der Waals surface area contributed by atoms with Gasteiger partial charge in [-0.05, 0) is 25.9 Å². The fraction of sp³-hybridized carbons (Fsp3) is 0.786. The van der Waals surface area contributed by atoms with E-state index >= 15 is 0 Å². The maximum Gasteiger partial charge on any atom is 0.0863 e. The van der Waals surface area contributed by atoms with Crippen LogP contribution in [0.1, 0.15) is 24.7 Å². The molecule has 2 heterocycles. The van der Waals surface area contributed by atoms with Gasteiger partial charge in [-0.15, -0.1) is 0 Å². The van der Waals surface area contributed by atoms with Crippen LogP contribution in [-0.2, 0) is 20.0 Å². The second-order valence-electron chi connectivity index (χ2n) is 5.34. The third-order valence-corrected chi connectivity index (χ3v) is 4.75. The molecular weight excluding hydrogens is 340 g/mol. The molecule has 0 spiro atoms. The minimum absolute atomic E-state index is 0.858. The highest BCUT2D eigenvalue weighted by atomic mass is 79.9. The van der Waals surface area contributed by atoms with Crippen molar-refractivity contribution in [1.82, 2.24) is 19.6 Å². The Morgan fingerprint density at radius 1 is 1.20 bits per heavy atom. The molecule has 0 unspecified atom stereocenters. The molecule has 20 heavy (non-hydrogen) atoms. The summed E-state index contributed by atoms with van der Waals surface area (Å²) >= 11 is 9.97. The van der Waals surface area contributed by atoms with Crippen molar-refractivity contribution in [2.45, 2.75) is 26.3 Å². The highest BCUT2D eigenvalue weighted by molar-refractivity contribution is 9.09. The van der Waals surface area contributed by atoms with Gasteiger partial charge in [0.2, 0.25) is 0 Å². The second kappa shape index (κ2) is 7.78. The van der Waals surface area contributed by atoms with E-state index in [1.807, 2.05) is 11.7 Å². The van der Waals surface area contributed by atoms with Crippen molar-refractivity contribution in [3.8, 4) is 0 Å². The molecule has 1 fully saturated rings. The molecule has 0 radical (unpaired) electrons. The Hall–Kier alpha value is -0.100. The summed E-state index contributed by atoms with van der Waals surface area (Å²) in [6.45, 7) is 8.73. The highest BCUT2D eigenvalue weighted by Crippen LogP contribution is 2.22. The van der Waals surface area contributed by atoms with Crippen LogP contribution in [0, 0.1) is 0 Å². The monoisotopic (exact) mass is 362 g/mol. The first kappa shape index (κ1) is 16.3. The van der Waals surface area contributed by atoms with E-state index in [-0.39, 0.29) is 0 Å². The zero-order valence-electron chi connectivity index (χ0n) is 12.4. The van der Waals surface area contributed by atoms with Crippen LogP contribution >= 0.6 is 27.5 Å². The number of nitrogens with zero attached hydrogens (tertiary/aromatic N) is 4. The molecule has 1 aromatic heterocycles. The standard InChI is InChI=1S/C14H24BrClN4/c1-3-12-14(16)13(18(2)17-12)11-20-7-4-6-19(8-5-15)9-10-20/h3-11H2,1-2H3. The van der Waals surface area contributed by atoms with Crippen molar-refractivity contribution < 1.29 is 0 Å². The number of aromatic nitrogens is 2. The predicted octanol–water partition coefficient (Wildman–Crippen LogP) is 2.54. The van der Waals surface area contributed by atoms with Crippen molar-refractivity contribution in [2.24, 2.45) is 7.05 Å². The molecule has 0 N–H and O–H groups in total. The molecule has 0 aromatic carbocycles. The summed E-state index contributed by atoms with van der Waals surface area (Å²) in [6.07, 6.45) is 2.12. The number of aryl methyl sites for hydroxylation is 2. The molecule has 2 rings (SSSR count). The molecule has 1 aliphatic rings. The maximum atomic E-state index is 6.44. The maximum absolute atomic E-state index is 6.44. The van der Waals surface area contributed by atoms with Crippen LogP contribution in [0.25, 0.3) is 0 Å². The van der Waals surface area contributed by atoms with Gasteiger partial charge in [-0.25, -0.2) is 0 Å². The first-order chi connectivity index (χ1) is 9.65. The van der Waals surface area contributed by atoms with Crippen molar-refractivity contribution in [3.05, 3.63) is 16.4 Å². The van der Waals surface area contributed by atoms with Crippen LogP contribution in [0.2, 0.25) is 5.02 Å². The molecule has 1 aromatic rings. The van der Waals surface area contributed by atoms with Crippen molar-refractivity contribution in [2.75, 3.05) is 38.1 Å². The largest absolute Gasteiger partial charge is 0.301 e. The van der Waals surface area contributed by atoms with E-state index in [1.54, 1.807) is 0 Å². The number of rotatable bonds is 5. The molecule has 0 amide bonds. The second-order valence-corrected chi connectivity index (χ2v) is 6.52. The van der Waals surface area contributed by atoms with Gasteiger partial charge in [0.1, 0.15) is 0 Å². The Morgan fingerprint density at radius 3 is 2.55 bits per heavy atom. The fourth-order valence-corrected chi connectivity index (χ4v) is 3.58. The number of hydrogen-bond acceptors (Lipinski definition) is 3. The molecule has 6 heteroatoms. The van der Waals surface area contributed by atoms with Crippen LogP contribution in [0.4, 0.5) is 0 Å². The minimum atomic E-state index is 0.858. The van der Waals surface area contributed by atoms with Gasteiger partial charge in [0.05, 0.1) is 16.4 Å². The van der Waals surface area contributed by atoms with E-state index < -0.39 is 0 Å². The Labute approximate surface area is 135 Å². The number of halogens is 2. The van der Waals surface area contributed by atoms with E-state index in [9.17, 15) is 0 Å². The van der Waals surface area contributed by atoms with Gasteiger partial charge in [0, 0.05) is 38.6 Å². The molecule has 114 valence electrons. The average molecular weight is 364 g/mol. The summed E-state index contributed by atoms with van der Waals surface area (Å²) in [5.41, 5.74) is 2.16. The molecule has 4 nitrogen and oxygen atoms in total. The van der Waals surface area contributed by atoms with E-state index in [0.29, 0.717) is 0 Å². The summed E-state index contributed by atoms with van der Waals surface area (Å²) in [4.78, 5) is 5.02. The van der Waals surface area contributed by atoms with Crippen LogP contribution in [0.15, 0.2) is 0 Å². The predicted molar refractivity (Wildman–Crippen MR) is 87.7 cm³/mol. The van der Waals surface area contributed by atoms with Crippen LogP contribution in [-0.4, -0.2) is 57.6 Å². The molecule has 0 atom stereocenters. The fourth-order valence-electron chi connectivity index (χ4n) is 2.73. The molecule has 0 saturated carbocycles. The zero-order chi connectivity index (χ0) is 14.5. The summed E-state index contributed by atoms with van der Waals surface area (Å²) in [7, 11) is 2.00. The van der Waals surface area contributed by atoms with Gasteiger partial charge in [0.25, 0.3) is 0 Å². The van der Waals surface area contributed by atoms with Gasteiger partial charge in [0.15, 0.2) is 0 Å². The van der Waals surface area contributed by atoms with Crippen LogP contribution in [0.3, 0.4) is 0 Å². The summed E-state index contributed by atoms with van der Waals surface area (Å²) in [6, 6.07) is 0. The van der Waals surface area contributed by atoms with Crippen molar-refractivity contribution in [3.63, 3.8) is 0 Å².